The van der Waals surface area contributed by atoms with E-state index in [4.69, 9.17) is 9.47 Å². The summed E-state index contributed by atoms with van der Waals surface area (Å²) in [6.07, 6.45) is 1.70. The van der Waals surface area contributed by atoms with Crippen molar-refractivity contribution in [2.24, 2.45) is 0 Å². The number of aromatic hydroxyl groups is 2. The first-order valence-corrected chi connectivity index (χ1v) is 6.48. The Balaban J connectivity index is 2.63. The van der Waals surface area contributed by atoms with Gasteiger partial charge >= 0.3 is 0 Å². The van der Waals surface area contributed by atoms with Crippen LogP contribution in [0, 0.1) is 0 Å². The van der Waals surface area contributed by atoms with Gasteiger partial charge in [0.05, 0.1) is 14.2 Å². The lowest BCUT2D eigenvalue weighted by Gasteiger charge is -2.19. The van der Waals surface area contributed by atoms with Crippen LogP contribution in [0.15, 0.2) is 49.1 Å². The highest BCUT2D eigenvalue weighted by atomic mass is 16.5. The first-order chi connectivity index (χ1) is 10.1. The quantitative estimate of drug-likeness (QED) is 0.653. The van der Waals surface area contributed by atoms with Crippen molar-refractivity contribution in [3.05, 3.63) is 60.2 Å². The minimum Gasteiger partial charge on any atom is -0.504 e. The molecule has 2 aromatic rings. The van der Waals surface area contributed by atoms with Crippen molar-refractivity contribution >= 4 is 0 Å². The predicted molar refractivity (Wildman–Crippen MR) is 81.4 cm³/mol. The fourth-order valence-electron chi connectivity index (χ4n) is 2.36. The number of phenolic OH excluding ortho intramolecular Hbond substituents is 2. The van der Waals surface area contributed by atoms with Gasteiger partial charge in [0.15, 0.2) is 11.5 Å². The molecular weight excluding hydrogens is 268 g/mol. The third-order valence-electron chi connectivity index (χ3n) is 3.36. The number of hydrogen-bond donors (Lipinski definition) is 2. The third-order valence-corrected chi connectivity index (χ3v) is 3.36. The molecule has 0 bridgehead atoms. The van der Waals surface area contributed by atoms with Gasteiger partial charge in [-0.2, -0.15) is 0 Å². The van der Waals surface area contributed by atoms with Crippen molar-refractivity contribution in [2.75, 3.05) is 14.2 Å². The smallest absolute Gasteiger partial charge is 0.207 e. The fourth-order valence-corrected chi connectivity index (χ4v) is 2.36. The lowest BCUT2D eigenvalue weighted by atomic mass is 9.90. The molecule has 0 aliphatic rings. The number of benzene rings is 2. The Morgan fingerprint density at radius 1 is 1.05 bits per heavy atom. The summed E-state index contributed by atoms with van der Waals surface area (Å²) in [5, 5.41) is 20.5. The van der Waals surface area contributed by atoms with E-state index in [9.17, 15) is 10.2 Å². The number of phenols is 2. The van der Waals surface area contributed by atoms with Crippen LogP contribution in [0.4, 0.5) is 0 Å². The molecule has 21 heavy (non-hydrogen) atoms. The first-order valence-electron chi connectivity index (χ1n) is 6.48. The van der Waals surface area contributed by atoms with Crippen LogP contribution in [0.3, 0.4) is 0 Å². The lowest BCUT2D eigenvalue weighted by molar-refractivity contribution is 0.315. The molecule has 0 aliphatic heterocycles. The molecule has 0 unspecified atom stereocenters. The maximum atomic E-state index is 10.4. The number of methoxy groups -OCH3 is 2. The van der Waals surface area contributed by atoms with Gasteiger partial charge in [0, 0.05) is 11.5 Å². The summed E-state index contributed by atoms with van der Waals surface area (Å²) in [7, 11) is 2.81. The highest BCUT2D eigenvalue weighted by Crippen LogP contribution is 2.48. The maximum absolute atomic E-state index is 10.4. The van der Waals surface area contributed by atoms with Gasteiger partial charge < -0.3 is 19.7 Å². The van der Waals surface area contributed by atoms with E-state index in [2.05, 4.69) is 6.58 Å². The Morgan fingerprint density at radius 3 is 2.19 bits per heavy atom. The van der Waals surface area contributed by atoms with E-state index in [1.807, 2.05) is 30.3 Å². The fraction of sp³-hybridized carbons (Fsp3) is 0.176. The van der Waals surface area contributed by atoms with E-state index in [0.717, 1.165) is 5.56 Å². The molecule has 0 aromatic heterocycles. The molecule has 0 heterocycles. The molecule has 2 N–H and O–H groups in total. The molecule has 0 saturated carbocycles. The molecular formula is C17H18O4. The molecule has 0 aliphatic carbocycles. The van der Waals surface area contributed by atoms with Crippen LogP contribution in [0.5, 0.6) is 23.0 Å². The second-order valence-electron chi connectivity index (χ2n) is 4.52. The molecule has 0 radical (unpaired) electrons. The standard InChI is InChI=1S/C17H18O4/c1-4-12(11-8-6-5-7-9-11)13-10-14(18)16(20-2)17(21-3)15(13)19/h4-10,12,18-19H,1H2,2-3H3/t12-/m1/s1. The summed E-state index contributed by atoms with van der Waals surface area (Å²) in [5.41, 5.74) is 1.46. The average molecular weight is 286 g/mol. The van der Waals surface area contributed by atoms with Crippen LogP contribution in [-0.2, 0) is 0 Å². The Morgan fingerprint density at radius 2 is 1.67 bits per heavy atom. The lowest BCUT2D eigenvalue weighted by Crippen LogP contribution is -2.01. The van der Waals surface area contributed by atoms with E-state index in [0.29, 0.717) is 5.56 Å². The van der Waals surface area contributed by atoms with Crippen molar-refractivity contribution in [3.8, 4) is 23.0 Å². The second kappa shape index (κ2) is 6.22. The monoisotopic (exact) mass is 286 g/mol. The van der Waals surface area contributed by atoms with E-state index in [-0.39, 0.29) is 28.9 Å². The normalized spacial score (nSPS) is 11.7. The van der Waals surface area contributed by atoms with Crippen LogP contribution in [0.1, 0.15) is 17.0 Å². The Hall–Kier alpha value is -2.62. The number of rotatable bonds is 5. The second-order valence-corrected chi connectivity index (χ2v) is 4.52. The minimum atomic E-state index is -0.267. The van der Waals surface area contributed by atoms with Gasteiger partial charge in [-0.25, -0.2) is 0 Å². The van der Waals surface area contributed by atoms with E-state index in [1.165, 1.54) is 20.3 Å². The zero-order valence-corrected chi connectivity index (χ0v) is 12.0. The van der Waals surface area contributed by atoms with E-state index in [1.54, 1.807) is 6.08 Å². The van der Waals surface area contributed by atoms with Crippen molar-refractivity contribution in [3.63, 3.8) is 0 Å². The molecule has 2 aromatic carbocycles. The number of hydrogen-bond acceptors (Lipinski definition) is 4. The van der Waals surface area contributed by atoms with Crippen LogP contribution in [0.25, 0.3) is 0 Å². The van der Waals surface area contributed by atoms with Gasteiger partial charge in [0.2, 0.25) is 11.5 Å². The van der Waals surface area contributed by atoms with Gasteiger partial charge in [-0.3, -0.25) is 0 Å². The molecule has 110 valence electrons. The number of allylic oxidation sites excluding steroid dienone is 1. The maximum Gasteiger partial charge on any atom is 0.207 e. The van der Waals surface area contributed by atoms with Gasteiger partial charge in [-0.05, 0) is 11.6 Å². The highest BCUT2D eigenvalue weighted by Gasteiger charge is 2.23. The molecule has 0 fully saturated rings. The summed E-state index contributed by atoms with van der Waals surface area (Å²) in [6.45, 7) is 3.82. The van der Waals surface area contributed by atoms with E-state index >= 15 is 0 Å². The topological polar surface area (TPSA) is 58.9 Å². The molecule has 4 heteroatoms. The zero-order valence-electron chi connectivity index (χ0n) is 12.0. The van der Waals surface area contributed by atoms with Crippen LogP contribution < -0.4 is 9.47 Å². The summed E-state index contributed by atoms with van der Waals surface area (Å²) < 4.78 is 10.2. The van der Waals surface area contributed by atoms with Gasteiger partial charge in [0.1, 0.15) is 0 Å². The Bertz CT molecular complexity index is 635. The molecule has 4 nitrogen and oxygen atoms in total. The molecule has 0 spiro atoms. The van der Waals surface area contributed by atoms with Gasteiger partial charge in [-0.1, -0.05) is 36.4 Å². The van der Waals surface area contributed by atoms with E-state index < -0.39 is 0 Å². The SMILES string of the molecule is C=C[C@H](c1ccccc1)c1cc(O)c(OC)c(OC)c1O. The average Bonchev–Trinajstić information content (AvgIpc) is 2.51. The summed E-state index contributed by atoms with van der Waals surface area (Å²) >= 11 is 0. The number of ether oxygens (including phenoxy) is 2. The molecule has 1 atom stereocenters. The first kappa shape index (κ1) is 14.8. The van der Waals surface area contributed by atoms with Crippen molar-refractivity contribution in [2.45, 2.75) is 5.92 Å². The van der Waals surface area contributed by atoms with Crippen LogP contribution >= 0.6 is 0 Å². The van der Waals surface area contributed by atoms with Crippen molar-refractivity contribution in [1.82, 2.24) is 0 Å². The zero-order chi connectivity index (χ0) is 15.4. The summed E-state index contributed by atoms with van der Waals surface area (Å²) in [4.78, 5) is 0. The molecule has 0 saturated heterocycles. The largest absolute Gasteiger partial charge is 0.504 e. The Kier molecular flexibility index (Phi) is 4.38. The minimum absolute atomic E-state index is 0.0686. The predicted octanol–water partition coefficient (Wildman–Crippen LogP) is 3.43. The summed E-state index contributed by atoms with van der Waals surface area (Å²) in [5.74, 6) is -0.215. The third kappa shape index (κ3) is 2.65. The van der Waals surface area contributed by atoms with Crippen LogP contribution in [-0.4, -0.2) is 24.4 Å². The van der Waals surface area contributed by atoms with Crippen molar-refractivity contribution < 1.29 is 19.7 Å². The summed E-state index contributed by atoms with van der Waals surface area (Å²) in [6, 6.07) is 11.1. The molecule has 2 rings (SSSR count). The Labute approximate surface area is 123 Å². The van der Waals surface area contributed by atoms with Gasteiger partial charge in [0.25, 0.3) is 0 Å². The molecule has 0 amide bonds. The highest BCUT2D eigenvalue weighted by molar-refractivity contribution is 5.64. The van der Waals surface area contributed by atoms with Crippen LogP contribution in [0.2, 0.25) is 0 Å². The van der Waals surface area contributed by atoms with Gasteiger partial charge in [-0.15, -0.1) is 6.58 Å². The van der Waals surface area contributed by atoms with Crippen molar-refractivity contribution in [1.29, 1.82) is 0 Å².